The van der Waals surface area contributed by atoms with Crippen molar-refractivity contribution in [3.8, 4) is 0 Å². The molecule has 3 heterocycles. The Morgan fingerprint density at radius 3 is 3.05 bits per heavy atom. The number of nitrogens with zero attached hydrogens (tertiary/aromatic N) is 3. The summed E-state index contributed by atoms with van der Waals surface area (Å²) in [7, 11) is 2.22. The molecule has 20 heavy (non-hydrogen) atoms. The van der Waals surface area contributed by atoms with Crippen LogP contribution in [0.15, 0.2) is 18.3 Å². The predicted octanol–water partition coefficient (Wildman–Crippen LogP) is 1.70. The van der Waals surface area contributed by atoms with Crippen molar-refractivity contribution in [1.29, 1.82) is 0 Å². The molecule has 0 spiro atoms. The number of carboxylic acids is 1. The highest BCUT2D eigenvalue weighted by molar-refractivity contribution is 5.86. The lowest BCUT2D eigenvalue weighted by molar-refractivity contribution is 0.0690. The number of aromatic carboxylic acids is 1. The fourth-order valence-electron chi connectivity index (χ4n) is 3.62. The van der Waals surface area contributed by atoms with E-state index < -0.39 is 5.97 Å². The van der Waals surface area contributed by atoms with Crippen LogP contribution in [-0.2, 0) is 0 Å². The standard InChI is InChI=1S/C15H21N3O2/c1-17-7-2-3-11-10-18(8-5-14(11)17)12-4-6-16-13(9-12)15(19)20/h4,6,9,11,14H,2-3,5,7-8,10H2,1H3,(H,19,20). The summed E-state index contributed by atoms with van der Waals surface area (Å²) < 4.78 is 0. The molecule has 2 aliphatic heterocycles. The fourth-order valence-corrected chi connectivity index (χ4v) is 3.62. The number of aromatic nitrogens is 1. The first-order chi connectivity index (χ1) is 9.65. The Bertz CT molecular complexity index is 506. The second kappa shape index (κ2) is 5.40. The zero-order valence-corrected chi connectivity index (χ0v) is 11.8. The summed E-state index contributed by atoms with van der Waals surface area (Å²) in [6.45, 7) is 3.23. The Labute approximate surface area is 119 Å². The van der Waals surface area contributed by atoms with Crippen molar-refractivity contribution in [2.75, 3.05) is 31.6 Å². The fraction of sp³-hybridized carbons (Fsp3) is 0.600. The van der Waals surface area contributed by atoms with Crippen LogP contribution in [0.1, 0.15) is 29.8 Å². The lowest BCUT2D eigenvalue weighted by Gasteiger charge is -2.46. The predicted molar refractivity (Wildman–Crippen MR) is 77.2 cm³/mol. The lowest BCUT2D eigenvalue weighted by atomic mass is 9.84. The van der Waals surface area contributed by atoms with Gasteiger partial charge >= 0.3 is 5.97 Å². The van der Waals surface area contributed by atoms with Crippen LogP contribution in [0.2, 0.25) is 0 Å². The van der Waals surface area contributed by atoms with Crippen LogP contribution in [-0.4, -0.2) is 53.7 Å². The Kier molecular flexibility index (Phi) is 3.61. The van der Waals surface area contributed by atoms with E-state index >= 15 is 0 Å². The van der Waals surface area contributed by atoms with Crippen LogP contribution in [0.5, 0.6) is 0 Å². The second-order valence-electron chi connectivity index (χ2n) is 5.89. The van der Waals surface area contributed by atoms with Crippen LogP contribution < -0.4 is 4.90 Å². The van der Waals surface area contributed by atoms with E-state index in [1.54, 1.807) is 12.3 Å². The molecule has 108 valence electrons. The van der Waals surface area contributed by atoms with Gasteiger partial charge in [0.2, 0.25) is 0 Å². The molecular formula is C15H21N3O2. The summed E-state index contributed by atoms with van der Waals surface area (Å²) in [4.78, 5) is 19.7. The van der Waals surface area contributed by atoms with E-state index in [1.807, 2.05) is 6.07 Å². The van der Waals surface area contributed by atoms with E-state index in [0.29, 0.717) is 12.0 Å². The monoisotopic (exact) mass is 275 g/mol. The number of piperidine rings is 2. The molecule has 1 N–H and O–H groups in total. The third-order valence-electron chi connectivity index (χ3n) is 4.67. The molecule has 1 aromatic heterocycles. The molecular weight excluding hydrogens is 254 g/mol. The van der Waals surface area contributed by atoms with E-state index in [1.165, 1.54) is 19.4 Å². The summed E-state index contributed by atoms with van der Waals surface area (Å²) in [6.07, 6.45) is 5.30. The van der Waals surface area contributed by atoms with E-state index in [0.717, 1.165) is 25.2 Å². The van der Waals surface area contributed by atoms with Gasteiger partial charge in [0.05, 0.1) is 0 Å². The SMILES string of the molecule is CN1CCCC2CN(c3ccnc(C(=O)O)c3)CCC21. The van der Waals surface area contributed by atoms with Gasteiger partial charge in [-0.25, -0.2) is 9.78 Å². The van der Waals surface area contributed by atoms with E-state index in [-0.39, 0.29) is 5.69 Å². The maximum atomic E-state index is 11.0. The van der Waals surface area contributed by atoms with Gasteiger partial charge in [-0.3, -0.25) is 0 Å². The number of likely N-dealkylation sites (tertiary alicyclic amines) is 1. The average molecular weight is 275 g/mol. The Morgan fingerprint density at radius 2 is 2.25 bits per heavy atom. The normalized spacial score (nSPS) is 27.1. The van der Waals surface area contributed by atoms with Gasteiger partial charge in [-0.2, -0.15) is 0 Å². The number of carbonyl (C=O) groups is 1. The molecule has 2 fully saturated rings. The third-order valence-corrected chi connectivity index (χ3v) is 4.67. The number of pyridine rings is 1. The summed E-state index contributed by atoms with van der Waals surface area (Å²) in [5, 5.41) is 9.04. The number of carboxylic acid groups (broad SMARTS) is 1. The number of hydrogen-bond donors (Lipinski definition) is 1. The van der Waals surface area contributed by atoms with Gasteiger partial charge in [0.25, 0.3) is 0 Å². The van der Waals surface area contributed by atoms with Gasteiger partial charge in [0.1, 0.15) is 5.69 Å². The zero-order valence-electron chi connectivity index (χ0n) is 11.8. The maximum Gasteiger partial charge on any atom is 0.354 e. The molecule has 0 amide bonds. The molecule has 5 nitrogen and oxygen atoms in total. The van der Waals surface area contributed by atoms with Gasteiger partial charge in [-0.1, -0.05) is 0 Å². The first kappa shape index (κ1) is 13.4. The number of hydrogen-bond acceptors (Lipinski definition) is 4. The van der Waals surface area contributed by atoms with Gasteiger partial charge in [0, 0.05) is 31.0 Å². The molecule has 2 aliphatic rings. The molecule has 3 rings (SSSR count). The number of rotatable bonds is 2. The van der Waals surface area contributed by atoms with Crippen molar-refractivity contribution in [1.82, 2.24) is 9.88 Å². The maximum absolute atomic E-state index is 11.0. The minimum absolute atomic E-state index is 0.130. The molecule has 0 bridgehead atoms. The van der Waals surface area contributed by atoms with Crippen LogP contribution in [0.4, 0.5) is 5.69 Å². The highest BCUT2D eigenvalue weighted by atomic mass is 16.4. The van der Waals surface area contributed by atoms with Gasteiger partial charge in [0.15, 0.2) is 0 Å². The molecule has 1 aromatic rings. The summed E-state index contributed by atoms with van der Waals surface area (Å²) in [6, 6.07) is 4.30. The van der Waals surface area contributed by atoms with Gasteiger partial charge in [-0.05, 0) is 50.9 Å². The van der Waals surface area contributed by atoms with E-state index in [9.17, 15) is 4.79 Å². The molecule has 0 aliphatic carbocycles. The Morgan fingerprint density at radius 1 is 1.40 bits per heavy atom. The van der Waals surface area contributed by atoms with Crippen LogP contribution in [0, 0.1) is 5.92 Å². The number of anilines is 1. The van der Waals surface area contributed by atoms with Crippen molar-refractivity contribution < 1.29 is 9.90 Å². The molecule has 0 saturated carbocycles. The molecule has 0 radical (unpaired) electrons. The Balaban J connectivity index is 1.76. The van der Waals surface area contributed by atoms with Crippen LogP contribution in [0.3, 0.4) is 0 Å². The van der Waals surface area contributed by atoms with Crippen molar-refractivity contribution >= 4 is 11.7 Å². The third kappa shape index (κ3) is 2.50. The molecule has 2 saturated heterocycles. The van der Waals surface area contributed by atoms with Crippen molar-refractivity contribution in [3.63, 3.8) is 0 Å². The molecule has 0 aromatic carbocycles. The largest absolute Gasteiger partial charge is 0.477 e. The quantitative estimate of drug-likeness (QED) is 0.890. The smallest absolute Gasteiger partial charge is 0.354 e. The zero-order chi connectivity index (χ0) is 14.1. The van der Waals surface area contributed by atoms with Crippen LogP contribution >= 0.6 is 0 Å². The first-order valence-corrected chi connectivity index (χ1v) is 7.29. The van der Waals surface area contributed by atoms with Gasteiger partial charge < -0.3 is 14.9 Å². The summed E-state index contributed by atoms with van der Waals surface area (Å²) >= 11 is 0. The minimum Gasteiger partial charge on any atom is -0.477 e. The second-order valence-corrected chi connectivity index (χ2v) is 5.89. The molecule has 2 atom stereocenters. The highest BCUT2D eigenvalue weighted by Crippen LogP contribution is 2.31. The van der Waals surface area contributed by atoms with Gasteiger partial charge in [-0.15, -0.1) is 0 Å². The van der Waals surface area contributed by atoms with Crippen molar-refractivity contribution in [2.24, 2.45) is 5.92 Å². The van der Waals surface area contributed by atoms with Crippen LogP contribution in [0.25, 0.3) is 0 Å². The summed E-state index contributed by atoms with van der Waals surface area (Å²) in [5.74, 6) is -0.261. The van der Waals surface area contributed by atoms with E-state index in [2.05, 4.69) is 21.8 Å². The van der Waals surface area contributed by atoms with Crippen molar-refractivity contribution in [2.45, 2.75) is 25.3 Å². The number of fused-ring (bicyclic) bond motifs is 1. The molecule has 5 heteroatoms. The first-order valence-electron chi connectivity index (χ1n) is 7.29. The minimum atomic E-state index is -0.959. The molecule has 2 unspecified atom stereocenters. The van der Waals surface area contributed by atoms with E-state index in [4.69, 9.17) is 5.11 Å². The highest BCUT2D eigenvalue weighted by Gasteiger charge is 2.34. The summed E-state index contributed by atoms with van der Waals surface area (Å²) in [5.41, 5.74) is 1.12. The van der Waals surface area contributed by atoms with Crippen molar-refractivity contribution in [3.05, 3.63) is 24.0 Å². The average Bonchev–Trinajstić information content (AvgIpc) is 2.47. The lowest BCUT2D eigenvalue weighted by Crippen LogP contribution is -2.52. The topological polar surface area (TPSA) is 56.7 Å². The Hall–Kier alpha value is -1.62.